The van der Waals surface area contributed by atoms with Crippen molar-refractivity contribution >= 4 is 15.9 Å². The van der Waals surface area contributed by atoms with Gasteiger partial charge in [0.1, 0.15) is 0 Å². The predicted molar refractivity (Wildman–Crippen MR) is 77.9 cm³/mol. The van der Waals surface area contributed by atoms with Gasteiger partial charge in [-0.1, -0.05) is 41.9 Å². The van der Waals surface area contributed by atoms with E-state index in [1.165, 1.54) is 22.0 Å². The summed E-state index contributed by atoms with van der Waals surface area (Å²) in [5, 5.41) is 0. The van der Waals surface area contributed by atoms with Gasteiger partial charge in [0.25, 0.3) is 0 Å². The highest BCUT2D eigenvalue weighted by molar-refractivity contribution is 9.10. The van der Waals surface area contributed by atoms with Crippen molar-refractivity contribution < 1.29 is 0 Å². The SMILES string of the molecule is CCC(C)N(CC)Cc1ccc(CN)cc1Br. The molecule has 0 heterocycles. The first-order valence-corrected chi connectivity index (χ1v) is 7.13. The Morgan fingerprint density at radius 1 is 1.35 bits per heavy atom. The minimum atomic E-state index is 0.599. The van der Waals surface area contributed by atoms with Crippen LogP contribution >= 0.6 is 15.9 Å². The third kappa shape index (κ3) is 4.09. The average Bonchev–Trinajstić information content (AvgIpc) is 2.36. The normalized spacial score (nSPS) is 13.1. The minimum absolute atomic E-state index is 0.599. The molecule has 0 bridgehead atoms. The highest BCUT2D eigenvalue weighted by atomic mass is 79.9. The van der Waals surface area contributed by atoms with Gasteiger partial charge in [0.2, 0.25) is 0 Å². The molecule has 0 saturated heterocycles. The Balaban J connectivity index is 2.79. The number of halogens is 1. The van der Waals surface area contributed by atoms with Crippen molar-refractivity contribution in [2.75, 3.05) is 6.54 Å². The fourth-order valence-corrected chi connectivity index (χ4v) is 2.45. The lowest BCUT2D eigenvalue weighted by molar-refractivity contribution is 0.205. The molecule has 1 aromatic rings. The van der Waals surface area contributed by atoms with E-state index in [0.717, 1.165) is 13.1 Å². The zero-order chi connectivity index (χ0) is 12.8. The van der Waals surface area contributed by atoms with Gasteiger partial charge in [0.05, 0.1) is 0 Å². The lowest BCUT2D eigenvalue weighted by Gasteiger charge is -2.27. The lowest BCUT2D eigenvalue weighted by atomic mass is 10.1. The van der Waals surface area contributed by atoms with Gasteiger partial charge in [-0.05, 0) is 37.1 Å². The standard InChI is InChI=1S/C14H23BrN2/c1-4-11(3)17(5-2)10-13-7-6-12(9-16)8-14(13)15/h6-8,11H,4-5,9-10,16H2,1-3H3. The van der Waals surface area contributed by atoms with Crippen molar-refractivity contribution in [1.29, 1.82) is 0 Å². The second kappa shape index (κ2) is 7.14. The number of rotatable bonds is 6. The second-order valence-electron chi connectivity index (χ2n) is 4.45. The second-order valence-corrected chi connectivity index (χ2v) is 5.30. The number of benzene rings is 1. The van der Waals surface area contributed by atoms with E-state index in [9.17, 15) is 0 Å². The van der Waals surface area contributed by atoms with Crippen molar-refractivity contribution in [2.45, 2.75) is 46.3 Å². The molecule has 17 heavy (non-hydrogen) atoms. The van der Waals surface area contributed by atoms with Gasteiger partial charge >= 0.3 is 0 Å². The lowest BCUT2D eigenvalue weighted by Crippen LogP contribution is -2.31. The molecule has 0 aliphatic heterocycles. The van der Waals surface area contributed by atoms with E-state index in [-0.39, 0.29) is 0 Å². The minimum Gasteiger partial charge on any atom is -0.326 e. The van der Waals surface area contributed by atoms with Crippen LogP contribution in [0.1, 0.15) is 38.3 Å². The number of nitrogens with two attached hydrogens (primary N) is 1. The van der Waals surface area contributed by atoms with Crippen molar-refractivity contribution in [3.05, 3.63) is 33.8 Å². The van der Waals surface area contributed by atoms with Crippen molar-refractivity contribution in [3.8, 4) is 0 Å². The summed E-state index contributed by atoms with van der Waals surface area (Å²) in [5.41, 5.74) is 8.15. The van der Waals surface area contributed by atoms with Gasteiger partial charge < -0.3 is 5.73 Å². The molecular formula is C14H23BrN2. The van der Waals surface area contributed by atoms with Gasteiger partial charge in [0.15, 0.2) is 0 Å². The molecule has 1 atom stereocenters. The quantitative estimate of drug-likeness (QED) is 0.870. The summed E-state index contributed by atoms with van der Waals surface area (Å²) in [7, 11) is 0. The molecule has 0 aliphatic rings. The molecule has 1 unspecified atom stereocenters. The smallest absolute Gasteiger partial charge is 0.0247 e. The van der Waals surface area contributed by atoms with Gasteiger partial charge in [-0.15, -0.1) is 0 Å². The summed E-state index contributed by atoms with van der Waals surface area (Å²) in [4.78, 5) is 2.49. The fourth-order valence-electron chi connectivity index (χ4n) is 1.90. The van der Waals surface area contributed by atoms with E-state index < -0.39 is 0 Å². The van der Waals surface area contributed by atoms with E-state index in [1.54, 1.807) is 0 Å². The van der Waals surface area contributed by atoms with Gasteiger partial charge in [0, 0.05) is 23.6 Å². The van der Waals surface area contributed by atoms with Crippen molar-refractivity contribution in [2.24, 2.45) is 5.73 Å². The Labute approximate surface area is 113 Å². The Bertz CT molecular complexity index is 352. The Morgan fingerprint density at radius 2 is 2.06 bits per heavy atom. The molecular weight excluding hydrogens is 276 g/mol. The first-order chi connectivity index (χ1) is 8.12. The summed E-state index contributed by atoms with van der Waals surface area (Å²) in [6.45, 7) is 9.42. The molecule has 1 rings (SSSR count). The van der Waals surface area contributed by atoms with Gasteiger partial charge in [-0.25, -0.2) is 0 Å². The largest absolute Gasteiger partial charge is 0.326 e. The summed E-state index contributed by atoms with van der Waals surface area (Å²) in [6.07, 6.45) is 1.19. The molecule has 2 nitrogen and oxygen atoms in total. The maximum Gasteiger partial charge on any atom is 0.0247 e. The average molecular weight is 299 g/mol. The van der Waals surface area contributed by atoms with E-state index in [1.807, 2.05) is 0 Å². The van der Waals surface area contributed by atoms with Crippen LogP contribution in [-0.2, 0) is 13.1 Å². The summed E-state index contributed by atoms with van der Waals surface area (Å²) in [6, 6.07) is 7.04. The first kappa shape index (κ1) is 14.7. The van der Waals surface area contributed by atoms with E-state index >= 15 is 0 Å². The van der Waals surface area contributed by atoms with E-state index in [2.05, 4.69) is 59.8 Å². The monoisotopic (exact) mass is 298 g/mol. The summed E-state index contributed by atoms with van der Waals surface area (Å²) >= 11 is 3.63. The van der Waals surface area contributed by atoms with Crippen LogP contribution < -0.4 is 5.73 Å². The Hall–Kier alpha value is -0.380. The summed E-state index contributed by atoms with van der Waals surface area (Å²) < 4.78 is 1.17. The van der Waals surface area contributed by atoms with Crippen LogP contribution in [-0.4, -0.2) is 17.5 Å². The van der Waals surface area contributed by atoms with Crippen LogP contribution in [0.2, 0.25) is 0 Å². The first-order valence-electron chi connectivity index (χ1n) is 6.33. The molecule has 96 valence electrons. The van der Waals surface area contributed by atoms with Crippen LogP contribution in [0.15, 0.2) is 22.7 Å². The number of hydrogen-bond donors (Lipinski definition) is 1. The maximum absolute atomic E-state index is 5.63. The van der Waals surface area contributed by atoms with Crippen LogP contribution in [0.3, 0.4) is 0 Å². The zero-order valence-electron chi connectivity index (χ0n) is 11.0. The molecule has 0 fully saturated rings. The molecule has 0 saturated carbocycles. The Morgan fingerprint density at radius 3 is 2.53 bits per heavy atom. The molecule has 0 aromatic heterocycles. The summed E-state index contributed by atoms with van der Waals surface area (Å²) in [5.74, 6) is 0. The number of hydrogen-bond acceptors (Lipinski definition) is 2. The third-order valence-electron chi connectivity index (χ3n) is 3.35. The predicted octanol–water partition coefficient (Wildman–Crippen LogP) is 3.53. The van der Waals surface area contributed by atoms with Crippen molar-refractivity contribution in [1.82, 2.24) is 4.90 Å². The van der Waals surface area contributed by atoms with Gasteiger partial charge in [-0.3, -0.25) is 4.90 Å². The maximum atomic E-state index is 5.63. The zero-order valence-corrected chi connectivity index (χ0v) is 12.6. The van der Waals surface area contributed by atoms with Crippen molar-refractivity contribution in [3.63, 3.8) is 0 Å². The fraction of sp³-hybridized carbons (Fsp3) is 0.571. The van der Waals surface area contributed by atoms with Crippen LogP contribution in [0, 0.1) is 0 Å². The van der Waals surface area contributed by atoms with Gasteiger partial charge in [-0.2, -0.15) is 0 Å². The topological polar surface area (TPSA) is 29.3 Å². The van der Waals surface area contributed by atoms with Crippen LogP contribution in [0.25, 0.3) is 0 Å². The van der Waals surface area contributed by atoms with E-state index in [4.69, 9.17) is 5.73 Å². The molecule has 0 radical (unpaired) electrons. The molecule has 0 spiro atoms. The van der Waals surface area contributed by atoms with Crippen LogP contribution in [0.5, 0.6) is 0 Å². The highest BCUT2D eigenvalue weighted by Crippen LogP contribution is 2.21. The molecule has 0 aliphatic carbocycles. The number of nitrogens with zero attached hydrogens (tertiary/aromatic N) is 1. The third-order valence-corrected chi connectivity index (χ3v) is 4.09. The molecule has 0 amide bonds. The molecule has 2 N–H and O–H groups in total. The Kier molecular flexibility index (Phi) is 6.17. The molecule has 1 aromatic carbocycles. The highest BCUT2D eigenvalue weighted by Gasteiger charge is 2.12. The molecule has 3 heteroatoms. The van der Waals surface area contributed by atoms with E-state index in [0.29, 0.717) is 12.6 Å². The van der Waals surface area contributed by atoms with Crippen LogP contribution in [0.4, 0.5) is 0 Å².